The van der Waals surface area contributed by atoms with Gasteiger partial charge in [0.05, 0.1) is 0 Å². The van der Waals surface area contributed by atoms with Gasteiger partial charge in [0.1, 0.15) is 24.4 Å². The van der Waals surface area contributed by atoms with E-state index in [4.69, 9.17) is 15.6 Å². The van der Waals surface area contributed by atoms with Crippen molar-refractivity contribution in [3.63, 3.8) is 0 Å². The van der Waals surface area contributed by atoms with Crippen LogP contribution in [0.15, 0.2) is 24.3 Å². The van der Waals surface area contributed by atoms with Crippen molar-refractivity contribution >= 4 is 29.6 Å². The molecule has 0 spiro atoms. The molecule has 33 heavy (non-hydrogen) atoms. The average Bonchev–Trinajstić information content (AvgIpc) is 3.53. The number of epoxide rings is 1. The van der Waals surface area contributed by atoms with E-state index in [1.165, 1.54) is 12.1 Å². The molecule has 0 radical (unpaired) electrons. The fourth-order valence-corrected chi connectivity index (χ4v) is 3.09. The topological polar surface area (TPSA) is 200 Å². The van der Waals surface area contributed by atoms with E-state index < -0.39 is 60.4 Å². The third-order valence-electron chi connectivity index (χ3n) is 4.80. The third kappa shape index (κ3) is 8.07. The standard InChI is InChI=1S/C21H28N4O8/c1-10(2)7-14(25-21(32)17-16(33-17)20(31)23-9-15(27)28)19(30)24-13(18(22)29)8-11-3-5-12(26)6-4-11/h3-6,10,13-14,16-17,26H,7-9H2,1-2H3,(H2,22,29)(H,23,31)(H,24,30)(H,25,32)(H,27,28)/t13-,14-,16?,17-/m0/s1. The molecule has 12 nitrogen and oxygen atoms in total. The molecule has 1 fully saturated rings. The smallest absolute Gasteiger partial charge is 0.322 e. The molecule has 1 aliphatic heterocycles. The predicted octanol–water partition coefficient (Wildman–Crippen LogP) is -1.60. The van der Waals surface area contributed by atoms with Gasteiger partial charge in [-0.05, 0) is 30.0 Å². The minimum atomic E-state index is -1.24. The maximum Gasteiger partial charge on any atom is 0.322 e. The number of phenols is 1. The first-order chi connectivity index (χ1) is 15.5. The molecular weight excluding hydrogens is 436 g/mol. The number of carboxylic acid groups (broad SMARTS) is 1. The van der Waals surface area contributed by atoms with Crippen molar-refractivity contribution in [1.82, 2.24) is 16.0 Å². The van der Waals surface area contributed by atoms with Gasteiger partial charge in [-0.15, -0.1) is 0 Å². The molecule has 2 rings (SSSR count). The minimum Gasteiger partial charge on any atom is -0.508 e. The zero-order valence-electron chi connectivity index (χ0n) is 18.2. The Balaban J connectivity index is 1.99. The number of carbonyl (C=O) groups excluding carboxylic acids is 4. The first kappa shape index (κ1) is 25.6. The third-order valence-corrected chi connectivity index (χ3v) is 4.80. The first-order valence-corrected chi connectivity index (χ1v) is 10.3. The van der Waals surface area contributed by atoms with Crippen LogP contribution in [0.4, 0.5) is 0 Å². The van der Waals surface area contributed by atoms with E-state index in [1.54, 1.807) is 12.1 Å². The molecule has 7 N–H and O–H groups in total. The van der Waals surface area contributed by atoms with Crippen molar-refractivity contribution in [2.24, 2.45) is 11.7 Å². The van der Waals surface area contributed by atoms with Gasteiger partial charge in [0, 0.05) is 6.42 Å². The van der Waals surface area contributed by atoms with Gasteiger partial charge in [-0.2, -0.15) is 0 Å². The van der Waals surface area contributed by atoms with E-state index >= 15 is 0 Å². The molecule has 4 atom stereocenters. The molecule has 0 saturated carbocycles. The second-order valence-electron chi connectivity index (χ2n) is 8.11. The number of aromatic hydroxyl groups is 1. The number of carboxylic acids is 1. The molecule has 12 heteroatoms. The molecule has 1 aromatic rings. The normalized spacial score (nSPS) is 18.6. The second-order valence-corrected chi connectivity index (χ2v) is 8.11. The lowest BCUT2D eigenvalue weighted by Gasteiger charge is -2.23. The van der Waals surface area contributed by atoms with Crippen LogP contribution >= 0.6 is 0 Å². The second kappa shape index (κ2) is 11.3. The highest BCUT2D eigenvalue weighted by Crippen LogP contribution is 2.23. The Labute approximate surface area is 189 Å². The van der Waals surface area contributed by atoms with Gasteiger partial charge in [-0.1, -0.05) is 26.0 Å². The molecule has 1 aromatic carbocycles. The monoisotopic (exact) mass is 464 g/mol. The van der Waals surface area contributed by atoms with E-state index in [2.05, 4.69) is 16.0 Å². The van der Waals surface area contributed by atoms with E-state index in [0.717, 1.165) is 0 Å². The highest BCUT2D eigenvalue weighted by molar-refractivity contribution is 5.98. The number of benzene rings is 1. The Hall–Kier alpha value is -3.67. The molecule has 0 aromatic heterocycles. The predicted molar refractivity (Wildman–Crippen MR) is 114 cm³/mol. The Morgan fingerprint density at radius 1 is 1.00 bits per heavy atom. The van der Waals surface area contributed by atoms with Crippen LogP contribution in [-0.4, -0.2) is 70.6 Å². The quantitative estimate of drug-likeness (QED) is 0.199. The van der Waals surface area contributed by atoms with Gasteiger partial charge < -0.3 is 36.6 Å². The van der Waals surface area contributed by atoms with E-state index in [9.17, 15) is 29.1 Å². The van der Waals surface area contributed by atoms with E-state index in [1.807, 2.05) is 13.8 Å². The van der Waals surface area contributed by atoms with Gasteiger partial charge in [0.2, 0.25) is 11.8 Å². The van der Waals surface area contributed by atoms with Crippen LogP contribution in [0.2, 0.25) is 0 Å². The zero-order valence-corrected chi connectivity index (χ0v) is 18.2. The number of phenolic OH excluding ortho intramolecular Hbond substituents is 1. The number of aliphatic carboxylic acids is 1. The van der Waals surface area contributed by atoms with Crippen molar-refractivity contribution in [3.05, 3.63) is 29.8 Å². The summed E-state index contributed by atoms with van der Waals surface area (Å²) in [7, 11) is 0. The van der Waals surface area contributed by atoms with Crippen molar-refractivity contribution < 1.29 is 38.9 Å². The summed E-state index contributed by atoms with van der Waals surface area (Å²) in [4.78, 5) is 59.5. The lowest BCUT2D eigenvalue weighted by molar-refractivity contribution is -0.138. The Morgan fingerprint density at radius 3 is 2.15 bits per heavy atom. The molecule has 0 aliphatic carbocycles. The minimum absolute atomic E-state index is 0.0000369. The summed E-state index contributed by atoms with van der Waals surface area (Å²) in [6.07, 6.45) is -1.96. The Morgan fingerprint density at radius 2 is 1.61 bits per heavy atom. The number of hydrogen-bond donors (Lipinski definition) is 6. The molecule has 1 aliphatic rings. The van der Waals surface area contributed by atoms with Crippen LogP contribution in [-0.2, 0) is 35.1 Å². The van der Waals surface area contributed by atoms with Gasteiger partial charge in [-0.25, -0.2) is 0 Å². The summed E-state index contributed by atoms with van der Waals surface area (Å²) in [5.74, 6) is -4.05. The highest BCUT2D eigenvalue weighted by atomic mass is 16.6. The number of ether oxygens (including phenoxy) is 1. The summed E-state index contributed by atoms with van der Waals surface area (Å²) in [5, 5.41) is 25.1. The number of nitrogens with one attached hydrogen (secondary N) is 3. The Kier molecular flexibility index (Phi) is 8.74. The number of rotatable bonds is 12. The van der Waals surface area contributed by atoms with E-state index in [0.29, 0.717) is 5.56 Å². The SMILES string of the molecule is CC(C)C[C@H](NC(=O)[C@H]1OC1C(=O)NCC(=O)O)C(=O)N[C@@H](Cc1ccc(O)cc1)C(N)=O. The summed E-state index contributed by atoms with van der Waals surface area (Å²) < 4.78 is 5.02. The van der Waals surface area contributed by atoms with Crippen molar-refractivity contribution in [3.8, 4) is 5.75 Å². The van der Waals surface area contributed by atoms with Crippen molar-refractivity contribution in [2.45, 2.75) is 51.0 Å². The molecule has 180 valence electrons. The lowest BCUT2D eigenvalue weighted by atomic mass is 10.0. The van der Waals surface area contributed by atoms with Gasteiger partial charge in [-0.3, -0.25) is 24.0 Å². The number of carbonyl (C=O) groups is 5. The van der Waals surface area contributed by atoms with Crippen LogP contribution in [0.1, 0.15) is 25.8 Å². The summed E-state index contributed by atoms with van der Waals surface area (Å²) >= 11 is 0. The maximum atomic E-state index is 12.9. The largest absolute Gasteiger partial charge is 0.508 e. The molecule has 1 unspecified atom stereocenters. The van der Waals surface area contributed by atoms with Crippen molar-refractivity contribution in [2.75, 3.05) is 6.54 Å². The fraction of sp³-hybridized carbons (Fsp3) is 0.476. The summed E-state index contributed by atoms with van der Waals surface area (Å²) in [6.45, 7) is 3.06. The first-order valence-electron chi connectivity index (χ1n) is 10.3. The van der Waals surface area contributed by atoms with Crippen LogP contribution in [0.5, 0.6) is 5.75 Å². The van der Waals surface area contributed by atoms with Crippen molar-refractivity contribution in [1.29, 1.82) is 0 Å². The van der Waals surface area contributed by atoms with Crippen LogP contribution in [0.3, 0.4) is 0 Å². The number of nitrogens with two attached hydrogens (primary N) is 1. The highest BCUT2D eigenvalue weighted by Gasteiger charge is 2.51. The van der Waals surface area contributed by atoms with Gasteiger partial charge in [0.15, 0.2) is 12.2 Å². The molecule has 1 saturated heterocycles. The molecular formula is C21H28N4O8. The lowest BCUT2D eigenvalue weighted by Crippen LogP contribution is -2.54. The maximum absolute atomic E-state index is 12.9. The van der Waals surface area contributed by atoms with Crippen LogP contribution in [0, 0.1) is 5.92 Å². The average molecular weight is 464 g/mol. The molecule has 4 amide bonds. The molecule has 0 bridgehead atoms. The summed E-state index contributed by atoms with van der Waals surface area (Å²) in [5.41, 5.74) is 6.08. The number of hydrogen-bond acceptors (Lipinski definition) is 7. The number of primary amides is 1. The van der Waals surface area contributed by atoms with Gasteiger partial charge in [0.25, 0.3) is 11.8 Å². The summed E-state index contributed by atoms with van der Waals surface area (Å²) in [6, 6.07) is 3.98. The Bertz CT molecular complexity index is 902. The number of amides is 4. The zero-order chi connectivity index (χ0) is 24.7. The van der Waals surface area contributed by atoms with Crippen LogP contribution < -0.4 is 21.7 Å². The van der Waals surface area contributed by atoms with Gasteiger partial charge >= 0.3 is 5.97 Å². The molecule has 1 heterocycles. The van der Waals surface area contributed by atoms with Crippen LogP contribution in [0.25, 0.3) is 0 Å². The van der Waals surface area contributed by atoms with E-state index in [-0.39, 0.29) is 24.5 Å². The fourth-order valence-electron chi connectivity index (χ4n) is 3.09.